The third kappa shape index (κ3) is 5.36. The molecule has 0 saturated heterocycles. The first-order valence-corrected chi connectivity index (χ1v) is 16.7. The summed E-state index contributed by atoms with van der Waals surface area (Å²) in [5.41, 5.74) is 5.03. The van der Waals surface area contributed by atoms with Gasteiger partial charge in [0, 0.05) is 34.9 Å². The van der Waals surface area contributed by atoms with Crippen LogP contribution in [0, 0.1) is 23.6 Å². The summed E-state index contributed by atoms with van der Waals surface area (Å²) in [7, 11) is -2.15. The zero-order chi connectivity index (χ0) is 27.9. The van der Waals surface area contributed by atoms with E-state index in [-0.39, 0.29) is 22.9 Å². The average molecular weight is 551 g/mol. The molecule has 3 aliphatic carbocycles. The number of allylic oxidation sites excluding steroid dienone is 1. The molecule has 0 radical (unpaired) electrons. The SMILES string of the molecule is C=CCc1cnc(-c2c[nH]c3ncc(F)cc23)nc1N[C@H]1C2CCC(CC2)[C@@H]1C(=O)NO[Si](C)(C)C(C)(C)C. The standard InChI is InChI=1S/C29H39FN6O2Si/c1-7-8-19-14-31-27(22-16-33-26-21(22)13-20(30)15-32-26)35-25(19)34-24-18-11-9-17(10-12-18)23(24)28(37)36-38-39(5,6)29(2,3)4/h7,13-18,23-24H,1,8-12H2,2-6H3,(H,32,33)(H,36,37)(H,31,34,35)/t17?,18?,23-,24-/m0/s1. The molecule has 6 rings (SSSR count). The summed E-state index contributed by atoms with van der Waals surface area (Å²) >= 11 is 0. The smallest absolute Gasteiger partial charge is 0.248 e. The molecule has 2 atom stereocenters. The molecule has 3 saturated carbocycles. The Morgan fingerprint density at radius 1 is 1.21 bits per heavy atom. The van der Waals surface area contributed by atoms with Gasteiger partial charge in [-0.25, -0.2) is 24.8 Å². The van der Waals surface area contributed by atoms with Crippen LogP contribution in [0.4, 0.5) is 10.2 Å². The number of aromatic nitrogens is 4. The Morgan fingerprint density at radius 3 is 2.62 bits per heavy atom. The Balaban J connectivity index is 1.45. The second kappa shape index (κ2) is 10.5. The van der Waals surface area contributed by atoms with Gasteiger partial charge in [0.15, 0.2) is 5.82 Å². The predicted molar refractivity (Wildman–Crippen MR) is 154 cm³/mol. The van der Waals surface area contributed by atoms with Crippen molar-refractivity contribution < 1.29 is 13.7 Å². The first-order valence-electron chi connectivity index (χ1n) is 13.8. The summed E-state index contributed by atoms with van der Waals surface area (Å²) in [6.45, 7) is 14.6. The summed E-state index contributed by atoms with van der Waals surface area (Å²) in [5, 5.41) is 4.29. The third-order valence-corrected chi connectivity index (χ3v) is 13.2. The summed E-state index contributed by atoms with van der Waals surface area (Å²) < 4.78 is 20.1. The molecule has 3 aromatic heterocycles. The minimum Gasteiger partial charge on any atom is -0.366 e. The molecule has 3 heterocycles. The Hall–Kier alpha value is -3.11. The van der Waals surface area contributed by atoms with E-state index in [9.17, 15) is 9.18 Å². The maximum Gasteiger partial charge on any atom is 0.248 e. The zero-order valence-electron chi connectivity index (χ0n) is 23.5. The van der Waals surface area contributed by atoms with Gasteiger partial charge in [-0.3, -0.25) is 4.79 Å². The van der Waals surface area contributed by atoms with E-state index in [0.29, 0.717) is 46.5 Å². The van der Waals surface area contributed by atoms with Crippen LogP contribution in [0.15, 0.2) is 37.3 Å². The lowest BCUT2D eigenvalue weighted by atomic mass is 9.61. The second-order valence-electron chi connectivity index (χ2n) is 12.5. The Bertz CT molecular complexity index is 1380. The number of anilines is 1. The van der Waals surface area contributed by atoms with E-state index in [2.05, 4.69) is 66.2 Å². The Labute approximate surface area is 230 Å². The second-order valence-corrected chi connectivity index (χ2v) is 17.2. The monoisotopic (exact) mass is 550 g/mol. The number of halogens is 1. The minimum atomic E-state index is -2.15. The van der Waals surface area contributed by atoms with Gasteiger partial charge in [0.25, 0.3) is 0 Å². The van der Waals surface area contributed by atoms with Gasteiger partial charge in [-0.05, 0) is 68.1 Å². The number of hydroxylamine groups is 1. The van der Waals surface area contributed by atoms with Gasteiger partial charge in [-0.15, -0.1) is 6.58 Å². The summed E-state index contributed by atoms with van der Waals surface area (Å²) in [6, 6.07) is 1.36. The van der Waals surface area contributed by atoms with Gasteiger partial charge >= 0.3 is 0 Å². The number of aromatic amines is 1. The van der Waals surface area contributed by atoms with E-state index in [4.69, 9.17) is 9.51 Å². The molecule has 2 bridgehead atoms. The van der Waals surface area contributed by atoms with Gasteiger partial charge in [0.05, 0.1) is 12.1 Å². The molecule has 0 aromatic carbocycles. The number of nitrogens with one attached hydrogen (secondary N) is 3. The highest BCUT2D eigenvalue weighted by molar-refractivity contribution is 6.74. The van der Waals surface area contributed by atoms with Crippen LogP contribution in [0.1, 0.15) is 52.0 Å². The largest absolute Gasteiger partial charge is 0.366 e. The van der Waals surface area contributed by atoms with E-state index < -0.39 is 14.1 Å². The van der Waals surface area contributed by atoms with Gasteiger partial charge in [0.1, 0.15) is 17.3 Å². The summed E-state index contributed by atoms with van der Waals surface area (Å²) in [4.78, 5) is 30.4. The zero-order valence-corrected chi connectivity index (χ0v) is 24.5. The number of carbonyl (C=O) groups excluding carboxylic acids is 1. The molecule has 3 aromatic rings. The van der Waals surface area contributed by atoms with Gasteiger partial charge in [0.2, 0.25) is 14.2 Å². The number of rotatable bonds is 8. The van der Waals surface area contributed by atoms with Crippen molar-refractivity contribution in [1.82, 2.24) is 25.4 Å². The number of nitrogens with zero attached hydrogens (tertiary/aromatic N) is 3. The van der Waals surface area contributed by atoms with E-state index >= 15 is 0 Å². The fraction of sp³-hybridized carbons (Fsp3) is 0.517. The van der Waals surface area contributed by atoms with Crippen LogP contribution < -0.4 is 10.8 Å². The molecule has 0 unspecified atom stereocenters. The summed E-state index contributed by atoms with van der Waals surface area (Å²) in [5.74, 6) is 1.11. The van der Waals surface area contributed by atoms with Gasteiger partial charge in [-0.2, -0.15) is 0 Å². The lowest BCUT2D eigenvalue weighted by Gasteiger charge is -2.48. The number of pyridine rings is 1. The van der Waals surface area contributed by atoms with Crippen molar-refractivity contribution in [3.8, 4) is 11.4 Å². The number of fused-ring (bicyclic) bond motifs is 4. The normalized spacial score (nSPS) is 23.1. The summed E-state index contributed by atoms with van der Waals surface area (Å²) in [6.07, 6.45) is 11.4. The van der Waals surface area contributed by atoms with Crippen LogP contribution in [-0.2, 0) is 15.7 Å². The highest BCUT2D eigenvalue weighted by Gasteiger charge is 2.48. The molecule has 39 heavy (non-hydrogen) atoms. The number of hydrogen-bond acceptors (Lipinski definition) is 6. The van der Waals surface area contributed by atoms with Crippen molar-refractivity contribution in [2.24, 2.45) is 17.8 Å². The van der Waals surface area contributed by atoms with Crippen LogP contribution in [0.5, 0.6) is 0 Å². The topological polar surface area (TPSA) is 105 Å². The van der Waals surface area contributed by atoms with Crippen molar-refractivity contribution in [1.29, 1.82) is 0 Å². The molecule has 8 nitrogen and oxygen atoms in total. The van der Waals surface area contributed by atoms with E-state index in [0.717, 1.165) is 31.2 Å². The maximum atomic E-state index is 14.0. The lowest BCUT2D eigenvalue weighted by Crippen LogP contribution is -2.56. The molecule has 3 N–H and O–H groups in total. The van der Waals surface area contributed by atoms with Crippen molar-refractivity contribution in [2.75, 3.05) is 5.32 Å². The molecule has 0 spiro atoms. The van der Waals surface area contributed by atoms with Gasteiger partial charge in [-0.1, -0.05) is 26.8 Å². The molecule has 0 aliphatic heterocycles. The van der Waals surface area contributed by atoms with Crippen molar-refractivity contribution in [3.05, 3.63) is 48.7 Å². The average Bonchev–Trinajstić information content (AvgIpc) is 3.31. The predicted octanol–water partition coefficient (Wildman–Crippen LogP) is 6.16. The number of hydrogen-bond donors (Lipinski definition) is 3. The number of amides is 1. The molecule has 10 heteroatoms. The van der Waals surface area contributed by atoms with E-state index in [1.54, 1.807) is 12.4 Å². The fourth-order valence-electron chi connectivity index (χ4n) is 5.72. The molecule has 3 fully saturated rings. The first-order chi connectivity index (χ1) is 18.5. The van der Waals surface area contributed by atoms with Crippen LogP contribution in [0.2, 0.25) is 18.1 Å². The molecule has 208 valence electrons. The van der Waals surface area contributed by atoms with Crippen LogP contribution in [-0.4, -0.2) is 40.2 Å². The van der Waals surface area contributed by atoms with Crippen molar-refractivity contribution in [3.63, 3.8) is 0 Å². The van der Waals surface area contributed by atoms with Crippen LogP contribution in [0.3, 0.4) is 0 Å². The highest BCUT2D eigenvalue weighted by Crippen LogP contribution is 2.47. The number of carbonyl (C=O) groups is 1. The molecule has 1 amide bonds. The third-order valence-electron chi connectivity index (χ3n) is 9.01. The van der Waals surface area contributed by atoms with Gasteiger partial charge < -0.3 is 14.8 Å². The highest BCUT2D eigenvalue weighted by atomic mass is 28.4. The Morgan fingerprint density at radius 2 is 1.92 bits per heavy atom. The Kier molecular flexibility index (Phi) is 7.36. The molecular weight excluding hydrogens is 511 g/mol. The lowest BCUT2D eigenvalue weighted by molar-refractivity contribution is -0.138. The van der Waals surface area contributed by atoms with Crippen molar-refractivity contribution in [2.45, 2.75) is 77.0 Å². The number of H-pyrrole nitrogens is 1. The molecule has 3 aliphatic rings. The first kappa shape index (κ1) is 27.5. The van der Waals surface area contributed by atoms with Crippen molar-refractivity contribution >= 4 is 31.1 Å². The maximum absolute atomic E-state index is 14.0. The van der Waals surface area contributed by atoms with Crippen LogP contribution >= 0.6 is 0 Å². The minimum absolute atomic E-state index is 0.0126. The van der Waals surface area contributed by atoms with E-state index in [1.165, 1.54) is 12.3 Å². The molecular formula is C29H39FN6O2Si. The fourth-order valence-corrected chi connectivity index (χ4v) is 6.38. The van der Waals surface area contributed by atoms with Crippen LogP contribution in [0.25, 0.3) is 22.4 Å². The quantitative estimate of drug-likeness (QED) is 0.176. The van der Waals surface area contributed by atoms with E-state index in [1.807, 2.05) is 6.08 Å².